The van der Waals surface area contributed by atoms with Crippen LogP contribution in [0.5, 0.6) is 0 Å². The van der Waals surface area contributed by atoms with Crippen LogP contribution in [0.4, 0.5) is 4.79 Å². The van der Waals surface area contributed by atoms with Crippen molar-refractivity contribution >= 4 is 12.0 Å². The highest BCUT2D eigenvalue weighted by Crippen LogP contribution is 2.28. The third-order valence-corrected chi connectivity index (χ3v) is 4.66. The van der Waals surface area contributed by atoms with Gasteiger partial charge in [0.25, 0.3) is 0 Å². The normalized spacial score (nSPS) is 26.6. The van der Waals surface area contributed by atoms with Gasteiger partial charge in [-0.1, -0.05) is 32.6 Å². The summed E-state index contributed by atoms with van der Waals surface area (Å²) in [5, 5.41) is 12.4. The van der Waals surface area contributed by atoms with Crippen LogP contribution in [0.1, 0.15) is 58.3 Å². The molecular formula is C15H26N2O3. The Kier molecular flexibility index (Phi) is 4.89. The molecule has 0 aromatic rings. The summed E-state index contributed by atoms with van der Waals surface area (Å²) in [7, 11) is 0. The number of aliphatic carboxylic acids is 1. The van der Waals surface area contributed by atoms with Crippen LogP contribution in [0.25, 0.3) is 0 Å². The number of carboxylic acid groups (broad SMARTS) is 1. The SMILES string of the molecule is CC1CCCN(C(=O)NC2(C(=O)O)CCCCCC2)C1. The minimum Gasteiger partial charge on any atom is -0.480 e. The molecule has 1 saturated heterocycles. The van der Waals surface area contributed by atoms with Crippen LogP contribution in [0.2, 0.25) is 0 Å². The van der Waals surface area contributed by atoms with Crippen molar-refractivity contribution in [3.63, 3.8) is 0 Å². The Morgan fingerprint density at radius 3 is 2.35 bits per heavy atom. The number of carbonyl (C=O) groups excluding carboxylic acids is 1. The lowest BCUT2D eigenvalue weighted by Gasteiger charge is -2.36. The molecule has 0 radical (unpaired) electrons. The zero-order valence-electron chi connectivity index (χ0n) is 12.4. The molecule has 5 heteroatoms. The molecule has 2 aliphatic rings. The van der Waals surface area contributed by atoms with Crippen LogP contribution in [0.3, 0.4) is 0 Å². The van der Waals surface area contributed by atoms with Crippen molar-refractivity contribution in [1.29, 1.82) is 0 Å². The van der Waals surface area contributed by atoms with Crippen LogP contribution in [0, 0.1) is 5.92 Å². The molecule has 1 unspecified atom stereocenters. The Hall–Kier alpha value is -1.26. The van der Waals surface area contributed by atoms with Gasteiger partial charge in [-0.25, -0.2) is 9.59 Å². The van der Waals surface area contributed by atoms with Gasteiger partial charge < -0.3 is 15.3 Å². The minimum absolute atomic E-state index is 0.194. The van der Waals surface area contributed by atoms with Crippen LogP contribution in [-0.4, -0.2) is 40.6 Å². The first kappa shape index (κ1) is 15.1. The number of nitrogens with one attached hydrogen (secondary N) is 1. The second kappa shape index (κ2) is 6.46. The van der Waals surface area contributed by atoms with Crippen molar-refractivity contribution in [3.05, 3.63) is 0 Å². The van der Waals surface area contributed by atoms with Crippen molar-refractivity contribution < 1.29 is 14.7 Å². The van der Waals surface area contributed by atoms with Gasteiger partial charge in [-0.2, -0.15) is 0 Å². The molecule has 2 fully saturated rings. The van der Waals surface area contributed by atoms with Gasteiger partial charge in [-0.15, -0.1) is 0 Å². The number of urea groups is 1. The zero-order chi connectivity index (χ0) is 14.6. The third kappa shape index (κ3) is 3.44. The molecule has 1 aliphatic carbocycles. The van der Waals surface area contributed by atoms with Gasteiger partial charge in [-0.3, -0.25) is 0 Å². The Labute approximate surface area is 120 Å². The summed E-state index contributed by atoms with van der Waals surface area (Å²) >= 11 is 0. The largest absolute Gasteiger partial charge is 0.480 e. The smallest absolute Gasteiger partial charge is 0.329 e. The number of amides is 2. The van der Waals surface area contributed by atoms with Gasteiger partial charge in [0, 0.05) is 13.1 Å². The van der Waals surface area contributed by atoms with Gasteiger partial charge in [-0.05, 0) is 31.6 Å². The van der Waals surface area contributed by atoms with E-state index in [-0.39, 0.29) is 6.03 Å². The standard InChI is InChI=1S/C15H26N2O3/c1-12-7-6-10-17(11-12)14(20)16-15(13(18)19)8-4-2-3-5-9-15/h12H,2-11H2,1H3,(H,16,20)(H,18,19). The van der Waals surface area contributed by atoms with Gasteiger partial charge in [0.05, 0.1) is 0 Å². The zero-order valence-corrected chi connectivity index (χ0v) is 12.4. The molecule has 1 heterocycles. The van der Waals surface area contributed by atoms with E-state index >= 15 is 0 Å². The summed E-state index contributed by atoms with van der Waals surface area (Å²) in [5.41, 5.74) is -1.05. The van der Waals surface area contributed by atoms with E-state index in [2.05, 4.69) is 12.2 Å². The molecule has 20 heavy (non-hydrogen) atoms. The molecule has 114 valence electrons. The summed E-state index contributed by atoms with van der Waals surface area (Å²) in [6.45, 7) is 3.62. The highest BCUT2D eigenvalue weighted by molar-refractivity contribution is 5.86. The van der Waals surface area contributed by atoms with Crippen LogP contribution in [0.15, 0.2) is 0 Å². The van der Waals surface area contributed by atoms with Gasteiger partial charge >= 0.3 is 12.0 Å². The van der Waals surface area contributed by atoms with Crippen molar-refractivity contribution in [2.75, 3.05) is 13.1 Å². The first-order chi connectivity index (χ1) is 9.53. The number of hydrogen-bond donors (Lipinski definition) is 2. The lowest BCUT2D eigenvalue weighted by atomic mass is 9.90. The molecule has 1 atom stereocenters. The van der Waals surface area contributed by atoms with E-state index < -0.39 is 11.5 Å². The molecule has 5 nitrogen and oxygen atoms in total. The van der Waals surface area contributed by atoms with E-state index in [4.69, 9.17) is 0 Å². The van der Waals surface area contributed by atoms with Crippen molar-refractivity contribution in [1.82, 2.24) is 10.2 Å². The third-order valence-electron chi connectivity index (χ3n) is 4.66. The average Bonchev–Trinajstić information content (AvgIpc) is 2.65. The predicted molar refractivity (Wildman–Crippen MR) is 76.6 cm³/mol. The molecule has 0 spiro atoms. The first-order valence-electron chi connectivity index (χ1n) is 7.84. The molecule has 1 saturated carbocycles. The highest BCUT2D eigenvalue weighted by Gasteiger charge is 2.41. The second-order valence-electron chi connectivity index (χ2n) is 6.43. The van der Waals surface area contributed by atoms with E-state index in [0.717, 1.165) is 51.6 Å². The Bertz CT molecular complexity index is 362. The lowest BCUT2D eigenvalue weighted by Crippen LogP contribution is -2.58. The van der Waals surface area contributed by atoms with E-state index in [1.807, 2.05) is 0 Å². The summed E-state index contributed by atoms with van der Waals surface area (Å²) in [6, 6.07) is -0.194. The number of nitrogens with zero attached hydrogens (tertiary/aromatic N) is 1. The Balaban J connectivity index is 2.03. The van der Waals surface area contributed by atoms with E-state index in [0.29, 0.717) is 18.8 Å². The van der Waals surface area contributed by atoms with Crippen molar-refractivity contribution in [3.8, 4) is 0 Å². The Morgan fingerprint density at radius 1 is 1.15 bits per heavy atom. The van der Waals surface area contributed by atoms with Crippen molar-refractivity contribution in [2.24, 2.45) is 5.92 Å². The average molecular weight is 282 g/mol. The molecule has 2 rings (SSSR count). The fourth-order valence-electron chi connectivity index (χ4n) is 3.38. The maximum absolute atomic E-state index is 12.4. The number of rotatable bonds is 2. The summed E-state index contributed by atoms with van der Waals surface area (Å²) in [5.74, 6) is -0.373. The van der Waals surface area contributed by atoms with E-state index in [9.17, 15) is 14.7 Å². The first-order valence-corrected chi connectivity index (χ1v) is 7.84. The maximum Gasteiger partial charge on any atom is 0.329 e. The number of likely N-dealkylation sites (tertiary alicyclic amines) is 1. The molecule has 0 aromatic carbocycles. The van der Waals surface area contributed by atoms with E-state index in [1.165, 1.54) is 0 Å². The number of carboxylic acids is 1. The Morgan fingerprint density at radius 2 is 1.80 bits per heavy atom. The topological polar surface area (TPSA) is 69.6 Å². The molecular weight excluding hydrogens is 256 g/mol. The van der Waals surface area contributed by atoms with Crippen LogP contribution in [-0.2, 0) is 4.79 Å². The summed E-state index contributed by atoms with van der Waals surface area (Å²) in [4.78, 5) is 25.8. The minimum atomic E-state index is -1.05. The molecule has 2 amide bonds. The molecule has 0 bridgehead atoms. The quantitative estimate of drug-likeness (QED) is 0.765. The fraction of sp³-hybridized carbons (Fsp3) is 0.867. The number of carbonyl (C=O) groups is 2. The van der Waals surface area contributed by atoms with Gasteiger partial charge in [0.2, 0.25) is 0 Å². The van der Waals surface area contributed by atoms with Crippen molar-refractivity contribution in [2.45, 2.75) is 63.8 Å². The summed E-state index contributed by atoms with van der Waals surface area (Å²) < 4.78 is 0. The van der Waals surface area contributed by atoms with Gasteiger partial charge in [0.15, 0.2) is 0 Å². The van der Waals surface area contributed by atoms with Crippen LogP contribution < -0.4 is 5.32 Å². The van der Waals surface area contributed by atoms with Gasteiger partial charge in [0.1, 0.15) is 5.54 Å². The van der Waals surface area contributed by atoms with E-state index in [1.54, 1.807) is 4.90 Å². The monoisotopic (exact) mass is 282 g/mol. The maximum atomic E-state index is 12.4. The number of hydrogen-bond acceptors (Lipinski definition) is 2. The predicted octanol–water partition coefficient (Wildman–Crippen LogP) is 2.61. The number of piperidine rings is 1. The molecule has 0 aromatic heterocycles. The lowest BCUT2D eigenvalue weighted by molar-refractivity contribution is -0.145. The molecule has 1 aliphatic heterocycles. The second-order valence-corrected chi connectivity index (χ2v) is 6.43. The van der Waals surface area contributed by atoms with Crippen LogP contribution >= 0.6 is 0 Å². The molecule has 2 N–H and O–H groups in total. The fourth-order valence-corrected chi connectivity index (χ4v) is 3.38. The summed E-state index contributed by atoms with van der Waals surface area (Å²) in [6.07, 6.45) is 7.14. The highest BCUT2D eigenvalue weighted by atomic mass is 16.4.